The zero-order chi connectivity index (χ0) is 15.6. The predicted octanol–water partition coefficient (Wildman–Crippen LogP) is 3.25. The number of thiophene rings is 1. The minimum atomic E-state index is -3.75. The van der Waals surface area contributed by atoms with E-state index in [1.54, 1.807) is 6.92 Å². The summed E-state index contributed by atoms with van der Waals surface area (Å²) >= 11 is 4.26. The number of nitrogens with one attached hydrogen (secondary N) is 1. The molecule has 5 nitrogen and oxygen atoms in total. The summed E-state index contributed by atoms with van der Waals surface area (Å²) in [6, 6.07) is 8.01. The van der Waals surface area contributed by atoms with Crippen LogP contribution in [0, 0.1) is 0 Å². The molecule has 2 N–H and O–H groups in total. The SMILES string of the molecule is C[C@H](NS(=O)(=O)c1cc(C(=O)O)cs1)c1ccccc1Br. The van der Waals surface area contributed by atoms with E-state index < -0.39 is 22.0 Å². The highest BCUT2D eigenvalue weighted by atomic mass is 79.9. The van der Waals surface area contributed by atoms with Crippen LogP contribution >= 0.6 is 27.3 Å². The van der Waals surface area contributed by atoms with E-state index in [2.05, 4.69) is 20.7 Å². The second-order valence-corrected chi connectivity index (χ2v) is 8.03. The van der Waals surface area contributed by atoms with Crippen molar-refractivity contribution in [3.63, 3.8) is 0 Å². The highest BCUT2D eigenvalue weighted by Crippen LogP contribution is 2.26. The quantitative estimate of drug-likeness (QED) is 0.821. The molecular formula is C13H12BrNO4S2. The van der Waals surface area contributed by atoms with E-state index in [0.29, 0.717) is 0 Å². The van der Waals surface area contributed by atoms with Gasteiger partial charge in [-0.1, -0.05) is 34.1 Å². The minimum absolute atomic E-state index is 0.0150. The Hall–Kier alpha value is -1.22. The molecule has 0 saturated carbocycles. The lowest BCUT2D eigenvalue weighted by Crippen LogP contribution is -2.26. The number of aromatic carboxylic acids is 1. The highest BCUT2D eigenvalue weighted by molar-refractivity contribution is 9.10. The van der Waals surface area contributed by atoms with Crippen LogP contribution in [0.2, 0.25) is 0 Å². The van der Waals surface area contributed by atoms with Crippen LogP contribution in [0.3, 0.4) is 0 Å². The number of carbonyl (C=O) groups is 1. The molecule has 0 fully saturated rings. The van der Waals surface area contributed by atoms with E-state index in [1.807, 2.05) is 24.3 Å². The molecule has 1 atom stereocenters. The maximum absolute atomic E-state index is 12.3. The fourth-order valence-corrected chi connectivity index (χ4v) is 4.77. The Bertz CT molecular complexity index is 770. The molecule has 8 heteroatoms. The summed E-state index contributed by atoms with van der Waals surface area (Å²) in [6.45, 7) is 1.73. The van der Waals surface area contributed by atoms with Gasteiger partial charge < -0.3 is 5.11 Å². The first-order chi connectivity index (χ1) is 9.81. The Kier molecular flexibility index (Phi) is 4.82. The minimum Gasteiger partial charge on any atom is -0.478 e. The molecule has 0 spiro atoms. The van der Waals surface area contributed by atoms with Crippen LogP contribution in [0.4, 0.5) is 0 Å². The maximum atomic E-state index is 12.3. The van der Waals surface area contributed by atoms with E-state index in [0.717, 1.165) is 27.4 Å². The number of carboxylic acid groups (broad SMARTS) is 1. The topological polar surface area (TPSA) is 83.5 Å². The molecule has 112 valence electrons. The first kappa shape index (κ1) is 16.2. The molecule has 0 saturated heterocycles. The Balaban J connectivity index is 2.24. The second kappa shape index (κ2) is 6.27. The molecular weight excluding hydrogens is 378 g/mol. The Labute approximate surface area is 134 Å². The number of sulfonamides is 1. The zero-order valence-electron chi connectivity index (χ0n) is 10.9. The number of benzene rings is 1. The van der Waals surface area contributed by atoms with Crippen molar-refractivity contribution in [3.05, 3.63) is 51.3 Å². The summed E-state index contributed by atoms with van der Waals surface area (Å²) in [7, 11) is -3.75. The smallest absolute Gasteiger partial charge is 0.336 e. The molecule has 0 bridgehead atoms. The van der Waals surface area contributed by atoms with E-state index in [9.17, 15) is 13.2 Å². The van der Waals surface area contributed by atoms with Crippen molar-refractivity contribution < 1.29 is 18.3 Å². The van der Waals surface area contributed by atoms with Crippen molar-refractivity contribution in [1.82, 2.24) is 4.72 Å². The summed E-state index contributed by atoms with van der Waals surface area (Å²) < 4.78 is 27.8. The van der Waals surface area contributed by atoms with E-state index >= 15 is 0 Å². The largest absolute Gasteiger partial charge is 0.478 e. The number of halogens is 1. The molecule has 1 aromatic heterocycles. The van der Waals surface area contributed by atoms with Crippen molar-refractivity contribution in [1.29, 1.82) is 0 Å². The number of hydrogen-bond acceptors (Lipinski definition) is 4. The van der Waals surface area contributed by atoms with Crippen LogP contribution in [0.1, 0.15) is 28.9 Å². The Morgan fingerprint density at radius 2 is 2.05 bits per heavy atom. The molecule has 21 heavy (non-hydrogen) atoms. The number of carboxylic acids is 1. The monoisotopic (exact) mass is 389 g/mol. The lowest BCUT2D eigenvalue weighted by molar-refractivity contribution is 0.0697. The van der Waals surface area contributed by atoms with Gasteiger partial charge in [0.15, 0.2) is 0 Å². The van der Waals surface area contributed by atoms with Gasteiger partial charge in [-0.25, -0.2) is 17.9 Å². The summed E-state index contributed by atoms with van der Waals surface area (Å²) in [4.78, 5) is 10.8. The van der Waals surface area contributed by atoms with Crippen molar-refractivity contribution in [3.8, 4) is 0 Å². The van der Waals surface area contributed by atoms with Crippen LogP contribution in [0.25, 0.3) is 0 Å². The molecule has 0 aliphatic rings. The summed E-state index contributed by atoms with van der Waals surface area (Å²) in [5.41, 5.74) is 0.769. The highest BCUT2D eigenvalue weighted by Gasteiger charge is 2.22. The van der Waals surface area contributed by atoms with Gasteiger partial charge in [-0.3, -0.25) is 0 Å². The molecule has 2 aromatic rings. The molecule has 2 rings (SSSR count). The summed E-state index contributed by atoms with van der Waals surface area (Å²) in [5.74, 6) is -1.15. The van der Waals surface area contributed by atoms with Gasteiger partial charge in [-0.15, -0.1) is 11.3 Å². The molecule has 0 amide bonds. The van der Waals surface area contributed by atoms with Gasteiger partial charge >= 0.3 is 5.97 Å². The predicted molar refractivity (Wildman–Crippen MR) is 84.2 cm³/mol. The van der Waals surface area contributed by atoms with Crippen LogP contribution in [0.5, 0.6) is 0 Å². The lowest BCUT2D eigenvalue weighted by atomic mass is 10.1. The van der Waals surface area contributed by atoms with Gasteiger partial charge in [0.25, 0.3) is 10.0 Å². The third-order valence-corrected chi connectivity index (χ3v) is 6.49. The van der Waals surface area contributed by atoms with Crippen molar-refractivity contribution >= 4 is 43.3 Å². The number of rotatable bonds is 5. The molecule has 1 aromatic carbocycles. The Morgan fingerprint density at radius 1 is 1.38 bits per heavy atom. The summed E-state index contributed by atoms with van der Waals surface area (Å²) in [5, 5.41) is 10.2. The fraction of sp³-hybridized carbons (Fsp3) is 0.154. The number of hydrogen-bond donors (Lipinski definition) is 2. The third kappa shape index (κ3) is 3.70. The van der Waals surface area contributed by atoms with E-state index in [4.69, 9.17) is 5.11 Å². The summed E-state index contributed by atoms with van der Waals surface area (Å²) in [6.07, 6.45) is 0. The second-order valence-electron chi connectivity index (χ2n) is 4.32. The van der Waals surface area contributed by atoms with Crippen molar-refractivity contribution in [2.45, 2.75) is 17.2 Å². The maximum Gasteiger partial charge on any atom is 0.336 e. The van der Waals surface area contributed by atoms with Crippen LogP contribution < -0.4 is 4.72 Å². The average molecular weight is 390 g/mol. The van der Waals surface area contributed by atoms with Gasteiger partial charge in [0, 0.05) is 15.9 Å². The van der Waals surface area contributed by atoms with Crippen LogP contribution in [0.15, 0.2) is 44.4 Å². The third-order valence-electron chi connectivity index (χ3n) is 2.79. The standard InChI is InChI=1S/C13H12BrNO4S2/c1-8(10-4-2-3-5-11(10)14)15-21(18,19)12-6-9(7-20-12)13(16)17/h2-8,15H,1H3,(H,16,17)/t8-/m0/s1. The van der Waals surface area contributed by atoms with Gasteiger partial charge in [0.1, 0.15) is 4.21 Å². The molecule has 0 aliphatic carbocycles. The van der Waals surface area contributed by atoms with Crippen molar-refractivity contribution in [2.24, 2.45) is 0 Å². The molecule has 1 heterocycles. The molecule has 0 unspecified atom stereocenters. The van der Waals surface area contributed by atoms with Crippen molar-refractivity contribution in [2.75, 3.05) is 0 Å². The Morgan fingerprint density at radius 3 is 2.62 bits per heavy atom. The first-order valence-corrected chi connectivity index (χ1v) is 9.05. The van der Waals surface area contributed by atoms with Gasteiger partial charge in [0.2, 0.25) is 0 Å². The average Bonchev–Trinajstić information content (AvgIpc) is 2.89. The van der Waals surface area contributed by atoms with Crippen LogP contribution in [-0.2, 0) is 10.0 Å². The zero-order valence-corrected chi connectivity index (χ0v) is 14.1. The normalized spacial score (nSPS) is 13.0. The van der Waals surface area contributed by atoms with E-state index in [1.165, 1.54) is 5.38 Å². The van der Waals surface area contributed by atoms with Gasteiger partial charge in [-0.05, 0) is 24.6 Å². The van der Waals surface area contributed by atoms with Gasteiger partial charge in [-0.2, -0.15) is 0 Å². The molecule has 0 radical (unpaired) electrons. The van der Waals surface area contributed by atoms with Gasteiger partial charge in [0.05, 0.1) is 5.56 Å². The van der Waals surface area contributed by atoms with E-state index in [-0.39, 0.29) is 9.77 Å². The lowest BCUT2D eigenvalue weighted by Gasteiger charge is -2.15. The fourth-order valence-electron chi connectivity index (χ4n) is 1.75. The van der Waals surface area contributed by atoms with Crippen LogP contribution in [-0.4, -0.2) is 19.5 Å². The first-order valence-electron chi connectivity index (χ1n) is 5.90. The molecule has 0 aliphatic heterocycles.